The van der Waals surface area contributed by atoms with Crippen LogP contribution in [0.1, 0.15) is 72.6 Å². The zero-order valence-corrected chi connectivity index (χ0v) is 12.4. The summed E-state index contributed by atoms with van der Waals surface area (Å²) in [5, 5.41) is 0. The van der Waals surface area contributed by atoms with Gasteiger partial charge in [-0.1, -0.05) is 46.3 Å². The van der Waals surface area contributed by atoms with Gasteiger partial charge in [-0.25, -0.2) is 0 Å². The van der Waals surface area contributed by atoms with Gasteiger partial charge < -0.3 is 0 Å². The summed E-state index contributed by atoms with van der Waals surface area (Å²) in [6.07, 6.45) is 14.7. The van der Waals surface area contributed by atoms with Gasteiger partial charge in [-0.3, -0.25) is 0 Å². The van der Waals surface area contributed by atoms with Gasteiger partial charge in [0, 0.05) is 0 Å². The van der Waals surface area contributed by atoms with Gasteiger partial charge in [0.05, 0.1) is 0 Å². The highest BCUT2D eigenvalue weighted by molar-refractivity contribution is 4.90. The SMILES string of the molecule is CC[C@H]1/C=C/C[C@H](CC)CC[C@H](C(C)C)CC1. The molecular weight excluding hydrogens is 204 g/mol. The first-order chi connectivity index (χ1) is 8.17. The fraction of sp³-hybridized carbons (Fsp3) is 0.882. The van der Waals surface area contributed by atoms with Crippen LogP contribution in [0.3, 0.4) is 0 Å². The summed E-state index contributed by atoms with van der Waals surface area (Å²) in [6.45, 7) is 9.51. The molecule has 0 heterocycles. The molecule has 0 spiro atoms. The standard InChI is InChI=1S/C17H32/c1-5-15-8-7-9-16(6-2)11-13-17(12-10-15)14(3)4/h7-8,14-17H,5-6,9-13H2,1-4H3/b8-7+/t15-,16-,17+/m0/s1. The molecule has 1 rings (SSSR count). The minimum absolute atomic E-state index is 0.840. The van der Waals surface area contributed by atoms with Crippen LogP contribution in [0.5, 0.6) is 0 Å². The predicted octanol–water partition coefficient (Wildman–Crippen LogP) is 5.83. The molecule has 17 heavy (non-hydrogen) atoms. The van der Waals surface area contributed by atoms with Crippen molar-refractivity contribution in [1.82, 2.24) is 0 Å². The molecule has 0 bridgehead atoms. The molecule has 0 fully saturated rings. The first-order valence-electron chi connectivity index (χ1n) is 7.83. The van der Waals surface area contributed by atoms with Gasteiger partial charge in [-0.05, 0) is 62.2 Å². The second-order valence-corrected chi connectivity index (χ2v) is 6.27. The lowest BCUT2D eigenvalue weighted by Gasteiger charge is -2.26. The van der Waals surface area contributed by atoms with Crippen molar-refractivity contribution >= 4 is 0 Å². The molecule has 100 valence electrons. The third-order valence-corrected chi connectivity index (χ3v) is 4.78. The van der Waals surface area contributed by atoms with Crippen LogP contribution in [-0.2, 0) is 0 Å². The quantitative estimate of drug-likeness (QED) is 0.541. The van der Waals surface area contributed by atoms with Gasteiger partial charge in [-0.2, -0.15) is 0 Å². The van der Waals surface area contributed by atoms with Gasteiger partial charge >= 0.3 is 0 Å². The van der Waals surface area contributed by atoms with Gasteiger partial charge in [0.15, 0.2) is 0 Å². The van der Waals surface area contributed by atoms with Crippen molar-refractivity contribution in [1.29, 1.82) is 0 Å². The van der Waals surface area contributed by atoms with Crippen molar-refractivity contribution in [3.63, 3.8) is 0 Å². The Kier molecular flexibility index (Phi) is 6.92. The number of hydrogen-bond acceptors (Lipinski definition) is 0. The van der Waals surface area contributed by atoms with Crippen molar-refractivity contribution in [3.05, 3.63) is 12.2 Å². The summed E-state index contributed by atoms with van der Waals surface area (Å²) >= 11 is 0. The van der Waals surface area contributed by atoms with E-state index in [1.807, 2.05) is 0 Å². The highest BCUT2D eigenvalue weighted by Crippen LogP contribution is 2.30. The summed E-state index contributed by atoms with van der Waals surface area (Å²) in [5.41, 5.74) is 0. The summed E-state index contributed by atoms with van der Waals surface area (Å²) in [6, 6.07) is 0. The molecule has 0 saturated carbocycles. The highest BCUT2D eigenvalue weighted by Gasteiger charge is 2.18. The molecule has 0 radical (unpaired) electrons. The molecule has 0 aromatic heterocycles. The van der Waals surface area contributed by atoms with E-state index in [2.05, 4.69) is 39.8 Å². The lowest BCUT2D eigenvalue weighted by molar-refractivity contribution is 0.279. The molecule has 1 aliphatic carbocycles. The average Bonchev–Trinajstić information content (AvgIpc) is 2.34. The molecule has 0 aliphatic heterocycles. The Balaban J connectivity index is 2.63. The fourth-order valence-corrected chi connectivity index (χ4v) is 3.08. The number of rotatable bonds is 3. The minimum atomic E-state index is 0.840. The summed E-state index contributed by atoms with van der Waals surface area (Å²) in [4.78, 5) is 0. The van der Waals surface area contributed by atoms with Gasteiger partial charge in [-0.15, -0.1) is 0 Å². The van der Waals surface area contributed by atoms with Crippen LogP contribution in [0.25, 0.3) is 0 Å². The predicted molar refractivity (Wildman–Crippen MR) is 78.1 cm³/mol. The van der Waals surface area contributed by atoms with Gasteiger partial charge in [0.1, 0.15) is 0 Å². The maximum absolute atomic E-state index is 2.51. The minimum Gasteiger partial charge on any atom is -0.0880 e. The second kappa shape index (κ2) is 7.95. The third-order valence-electron chi connectivity index (χ3n) is 4.78. The molecule has 0 unspecified atom stereocenters. The summed E-state index contributed by atoms with van der Waals surface area (Å²) in [7, 11) is 0. The Hall–Kier alpha value is -0.260. The van der Waals surface area contributed by atoms with Crippen LogP contribution in [0.4, 0.5) is 0 Å². The normalized spacial score (nSPS) is 33.6. The molecule has 0 aromatic carbocycles. The van der Waals surface area contributed by atoms with Gasteiger partial charge in [0.25, 0.3) is 0 Å². The van der Waals surface area contributed by atoms with Crippen molar-refractivity contribution in [2.75, 3.05) is 0 Å². The molecular formula is C17H32. The molecule has 0 nitrogen and oxygen atoms in total. The maximum Gasteiger partial charge on any atom is -0.0236 e. The zero-order valence-electron chi connectivity index (χ0n) is 12.4. The topological polar surface area (TPSA) is 0 Å². The summed E-state index contributed by atoms with van der Waals surface area (Å²) in [5.74, 6) is 3.60. The van der Waals surface area contributed by atoms with Crippen LogP contribution < -0.4 is 0 Å². The Morgan fingerprint density at radius 2 is 1.71 bits per heavy atom. The number of hydrogen-bond donors (Lipinski definition) is 0. The summed E-state index contributed by atoms with van der Waals surface area (Å²) < 4.78 is 0. The van der Waals surface area contributed by atoms with Crippen LogP contribution in [0.2, 0.25) is 0 Å². The molecule has 1 aliphatic rings. The average molecular weight is 236 g/mol. The van der Waals surface area contributed by atoms with E-state index in [4.69, 9.17) is 0 Å². The fourth-order valence-electron chi connectivity index (χ4n) is 3.08. The molecule has 0 heteroatoms. The number of allylic oxidation sites excluding steroid dienone is 2. The van der Waals surface area contributed by atoms with E-state index in [-0.39, 0.29) is 0 Å². The van der Waals surface area contributed by atoms with Crippen LogP contribution in [0, 0.1) is 23.7 Å². The van der Waals surface area contributed by atoms with E-state index in [1.165, 1.54) is 44.9 Å². The Morgan fingerprint density at radius 3 is 2.29 bits per heavy atom. The lowest BCUT2D eigenvalue weighted by atomic mass is 9.80. The first-order valence-corrected chi connectivity index (χ1v) is 7.83. The third kappa shape index (κ3) is 5.27. The van der Waals surface area contributed by atoms with E-state index in [0.29, 0.717) is 0 Å². The van der Waals surface area contributed by atoms with Crippen molar-refractivity contribution in [2.24, 2.45) is 23.7 Å². The second-order valence-electron chi connectivity index (χ2n) is 6.27. The van der Waals surface area contributed by atoms with E-state index in [1.54, 1.807) is 0 Å². The zero-order chi connectivity index (χ0) is 12.7. The highest BCUT2D eigenvalue weighted by atomic mass is 14.2. The van der Waals surface area contributed by atoms with Crippen LogP contribution in [-0.4, -0.2) is 0 Å². The lowest BCUT2D eigenvalue weighted by Crippen LogP contribution is -2.14. The molecule has 0 aromatic rings. The van der Waals surface area contributed by atoms with E-state index < -0.39 is 0 Å². The smallest absolute Gasteiger partial charge is 0.0236 e. The molecule has 0 saturated heterocycles. The Morgan fingerprint density at radius 1 is 1.00 bits per heavy atom. The van der Waals surface area contributed by atoms with E-state index >= 15 is 0 Å². The van der Waals surface area contributed by atoms with Crippen LogP contribution >= 0.6 is 0 Å². The van der Waals surface area contributed by atoms with E-state index in [9.17, 15) is 0 Å². The maximum atomic E-state index is 2.51. The molecule has 0 N–H and O–H groups in total. The Labute approximate surface area is 109 Å². The largest absolute Gasteiger partial charge is 0.0880 e. The molecule has 3 atom stereocenters. The Bertz CT molecular complexity index is 214. The van der Waals surface area contributed by atoms with Crippen molar-refractivity contribution in [2.45, 2.75) is 72.6 Å². The van der Waals surface area contributed by atoms with Crippen molar-refractivity contribution < 1.29 is 0 Å². The van der Waals surface area contributed by atoms with Gasteiger partial charge in [0.2, 0.25) is 0 Å². The first kappa shape index (κ1) is 14.8. The van der Waals surface area contributed by atoms with E-state index in [0.717, 1.165) is 23.7 Å². The van der Waals surface area contributed by atoms with Crippen molar-refractivity contribution in [3.8, 4) is 0 Å². The van der Waals surface area contributed by atoms with Crippen LogP contribution in [0.15, 0.2) is 12.2 Å². The molecule has 0 amide bonds. The monoisotopic (exact) mass is 236 g/mol.